The summed E-state index contributed by atoms with van der Waals surface area (Å²) in [7, 11) is 0. The first kappa shape index (κ1) is 28.4. The summed E-state index contributed by atoms with van der Waals surface area (Å²) in [5, 5.41) is 19.7. The second-order valence-corrected chi connectivity index (χ2v) is 10.7. The van der Waals surface area contributed by atoms with Crippen LogP contribution in [0, 0.1) is 11.6 Å². The number of nitrogens with two attached hydrogens (primary N) is 1. The number of alkyl halides is 3. The Labute approximate surface area is 236 Å². The molecule has 0 aliphatic heterocycles. The van der Waals surface area contributed by atoms with Crippen LogP contribution in [-0.2, 0) is 24.0 Å². The molecule has 2 aromatic heterocycles. The van der Waals surface area contributed by atoms with E-state index in [1.807, 2.05) is 0 Å². The molecule has 14 heteroatoms. The van der Waals surface area contributed by atoms with Crippen LogP contribution in [0.25, 0.3) is 27.5 Å². The summed E-state index contributed by atoms with van der Waals surface area (Å²) in [5.41, 5.74) is -1.17. The average molecular weight is 606 g/mol. The van der Waals surface area contributed by atoms with E-state index in [0.29, 0.717) is 32.0 Å². The Morgan fingerprint density at radius 3 is 2.24 bits per heavy atom. The van der Waals surface area contributed by atoms with Crippen LogP contribution in [0.4, 0.5) is 22.0 Å². The second-order valence-electron chi connectivity index (χ2n) is 8.74. The minimum atomic E-state index is -4.95. The molecular weight excluding hydrogens is 587 g/mol. The van der Waals surface area contributed by atoms with Crippen molar-refractivity contribution in [2.24, 2.45) is 5.14 Å². The summed E-state index contributed by atoms with van der Waals surface area (Å²) in [6, 6.07) is 14.6. The molecule has 3 aromatic carbocycles. The lowest BCUT2D eigenvalue weighted by molar-refractivity contribution is -0.143. The van der Waals surface area contributed by atoms with Crippen molar-refractivity contribution >= 4 is 28.7 Å². The number of carboxylic acids is 1. The van der Waals surface area contributed by atoms with Gasteiger partial charge in [-0.1, -0.05) is 24.3 Å². The predicted molar refractivity (Wildman–Crippen MR) is 144 cm³/mol. The average Bonchev–Trinajstić information content (AvgIpc) is 3.56. The molecule has 0 fully saturated rings. The van der Waals surface area contributed by atoms with Crippen LogP contribution >= 0.6 is 11.3 Å². The van der Waals surface area contributed by atoms with Gasteiger partial charge in [0.2, 0.25) is 10.0 Å². The number of thiazole rings is 1. The molecule has 0 bridgehead atoms. The van der Waals surface area contributed by atoms with E-state index in [9.17, 15) is 36.4 Å². The van der Waals surface area contributed by atoms with Gasteiger partial charge in [0, 0.05) is 28.5 Å². The van der Waals surface area contributed by atoms with Crippen molar-refractivity contribution < 1.29 is 36.4 Å². The molecule has 0 aliphatic rings. The topological polar surface area (TPSA) is 114 Å². The van der Waals surface area contributed by atoms with Crippen LogP contribution in [0.1, 0.15) is 27.3 Å². The van der Waals surface area contributed by atoms with E-state index < -0.39 is 46.5 Å². The first-order valence-corrected chi connectivity index (χ1v) is 13.8. The molecule has 210 valence electrons. The molecule has 0 spiro atoms. The number of rotatable bonds is 7. The smallest absolute Gasteiger partial charge is 0.433 e. The van der Waals surface area contributed by atoms with E-state index in [-0.39, 0.29) is 33.9 Å². The second kappa shape index (κ2) is 11.0. The highest BCUT2D eigenvalue weighted by atomic mass is 32.2. The van der Waals surface area contributed by atoms with Gasteiger partial charge in [0.05, 0.1) is 5.69 Å². The van der Waals surface area contributed by atoms with Gasteiger partial charge < -0.3 is 5.11 Å². The molecular formula is C27H18F5N4O3S2+. The van der Waals surface area contributed by atoms with Crippen molar-refractivity contribution in [3.8, 4) is 27.5 Å². The fourth-order valence-corrected chi connectivity index (χ4v) is 5.38. The summed E-state index contributed by atoms with van der Waals surface area (Å²) in [6.45, 7) is 0. The number of carbonyl (C=O) groups is 1. The largest absolute Gasteiger partial charge is 0.476 e. The van der Waals surface area contributed by atoms with Crippen molar-refractivity contribution in [3.63, 3.8) is 0 Å². The lowest BCUT2D eigenvalue weighted by Gasteiger charge is -2.12. The van der Waals surface area contributed by atoms with Crippen molar-refractivity contribution in [2.75, 3.05) is 0 Å². The van der Waals surface area contributed by atoms with Crippen molar-refractivity contribution in [1.29, 1.82) is 0 Å². The number of aromatic carboxylic acids is 1. The van der Waals surface area contributed by atoms with Gasteiger partial charge >= 0.3 is 12.1 Å². The molecule has 5 rings (SSSR count). The SMILES string of the molecule is N[S+](O)c1ccc(Cc2c(-c3ccc(F)c(-c4ccc(F)cc4)c3)nn(-c3nc(C(=O)O)cs3)c2C(F)(F)F)cc1. The Kier molecular flexibility index (Phi) is 7.66. The van der Waals surface area contributed by atoms with E-state index in [2.05, 4.69) is 10.1 Å². The molecule has 2 heterocycles. The number of carboxylic acid groups (broad SMARTS) is 1. The Morgan fingerprint density at radius 2 is 1.66 bits per heavy atom. The normalized spacial score (nSPS) is 12.5. The summed E-state index contributed by atoms with van der Waals surface area (Å²) in [6.07, 6.45) is -5.24. The number of benzene rings is 3. The van der Waals surface area contributed by atoms with E-state index in [4.69, 9.17) is 5.14 Å². The van der Waals surface area contributed by atoms with Gasteiger partial charge in [-0.3, -0.25) is 0 Å². The highest BCUT2D eigenvalue weighted by molar-refractivity contribution is 7.89. The maximum absolute atomic E-state index is 14.8. The predicted octanol–water partition coefficient (Wildman–Crippen LogP) is 6.57. The van der Waals surface area contributed by atoms with Crippen LogP contribution in [0.3, 0.4) is 0 Å². The molecule has 5 aromatic rings. The fourth-order valence-electron chi connectivity index (χ4n) is 4.21. The quantitative estimate of drug-likeness (QED) is 0.143. The van der Waals surface area contributed by atoms with Crippen molar-refractivity contribution in [3.05, 3.63) is 106 Å². The number of hydrogen-bond donors (Lipinski definition) is 3. The van der Waals surface area contributed by atoms with Gasteiger partial charge in [0.1, 0.15) is 11.6 Å². The first-order chi connectivity index (χ1) is 19.4. The van der Waals surface area contributed by atoms with Gasteiger partial charge in [0.15, 0.2) is 11.4 Å². The lowest BCUT2D eigenvalue weighted by atomic mass is 9.96. The third-order valence-corrected chi connectivity index (χ3v) is 7.66. The molecule has 7 nitrogen and oxygen atoms in total. The summed E-state index contributed by atoms with van der Waals surface area (Å²) in [4.78, 5) is 15.6. The lowest BCUT2D eigenvalue weighted by Crippen LogP contribution is -2.16. The van der Waals surface area contributed by atoms with E-state index >= 15 is 0 Å². The van der Waals surface area contributed by atoms with Gasteiger partial charge in [-0.2, -0.15) is 22.8 Å². The van der Waals surface area contributed by atoms with Crippen LogP contribution < -0.4 is 5.14 Å². The van der Waals surface area contributed by atoms with Gasteiger partial charge in [0.25, 0.3) is 11.4 Å². The van der Waals surface area contributed by atoms with Gasteiger partial charge in [-0.05, 0) is 53.6 Å². The molecule has 0 saturated heterocycles. The summed E-state index contributed by atoms with van der Waals surface area (Å²) in [5.74, 6) is -2.64. The van der Waals surface area contributed by atoms with Crippen LogP contribution in [0.2, 0.25) is 0 Å². The highest BCUT2D eigenvalue weighted by Crippen LogP contribution is 2.41. The first-order valence-electron chi connectivity index (χ1n) is 11.6. The van der Waals surface area contributed by atoms with Crippen LogP contribution in [0.5, 0.6) is 0 Å². The van der Waals surface area contributed by atoms with Gasteiger partial charge in [-0.15, -0.1) is 16.5 Å². The zero-order valence-electron chi connectivity index (χ0n) is 20.6. The van der Waals surface area contributed by atoms with E-state index in [0.717, 1.165) is 23.6 Å². The zero-order valence-corrected chi connectivity index (χ0v) is 22.2. The third kappa shape index (κ3) is 5.86. The maximum Gasteiger partial charge on any atom is 0.433 e. The molecule has 0 aliphatic carbocycles. The molecule has 4 N–H and O–H groups in total. The minimum absolute atomic E-state index is 0.0150. The third-order valence-electron chi connectivity index (χ3n) is 6.09. The summed E-state index contributed by atoms with van der Waals surface area (Å²) < 4.78 is 82.5. The fraction of sp³-hybridized carbons (Fsp3) is 0.0741. The van der Waals surface area contributed by atoms with E-state index in [1.165, 1.54) is 48.5 Å². The standard InChI is InChI=1S/C27H17F5N4O3S2/c28-17-6-3-15(4-7-17)19-12-16(5-10-21(19)29)23-20(11-14-1-8-18(9-2-14)41(33)39)24(27(30,31)32)36(35-23)26-34-22(13-40-26)25(37)38/h1-10,12-13,39H,11,33H2/p+1. The number of nitrogens with zero attached hydrogens (tertiary/aromatic N) is 3. The number of hydrogen-bond acceptors (Lipinski definition) is 6. The zero-order chi connectivity index (χ0) is 29.5. The maximum atomic E-state index is 14.8. The Balaban J connectivity index is 1.73. The molecule has 1 atom stereocenters. The monoisotopic (exact) mass is 605 g/mol. The van der Waals surface area contributed by atoms with Gasteiger partial charge in [-0.25, -0.2) is 23.2 Å². The number of halogens is 5. The van der Waals surface area contributed by atoms with Crippen molar-refractivity contribution in [2.45, 2.75) is 17.5 Å². The molecule has 0 radical (unpaired) electrons. The van der Waals surface area contributed by atoms with Crippen molar-refractivity contribution in [1.82, 2.24) is 14.8 Å². The summed E-state index contributed by atoms with van der Waals surface area (Å²) >= 11 is -0.878. The van der Waals surface area contributed by atoms with Crippen LogP contribution in [0.15, 0.2) is 77.0 Å². The van der Waals surface area contributed by atoms with E-state index in [1.54, 1.807) is 0 Å². The number of aromatic nitrogens is 3. The Hall–Kier alpha value is -4.11. The molecule has 0 amide bonds. The Bertz CT molecular complexity index is 1730. The molecule has 1 unspecified atom stereocenters. The minimum Gasteiger partial charge on any atom is -0.476 e. The molecule has 0 saturated carbocycles. The highest BCUT2D eigenvalue weighted by Gasteiger charge is 2.41. The van der Waals surface area contributed by atoms with Crippen LogP contribution in [-0.4, -0.2) is 30.4 Å². The molecule has 41 heavy (non-hydrogen) atoms. The Morgan fingerprint density at radius 1 is 1.00 bits per heavy atom.